The molecule has 1 aromatic rings. The molecule has 2 aliphatic rings. The van der Waals surface area contributed by atoms with Gasteiger partial charge in [-0.05, 0) is 50.7 Å². The maximum Gasteiger partial charge on any atom is 0.246 e. The van der Waals surface area contributed by atoms with Crippen molar-refractivity contribution >= 4 is 11.8 Å². The zero-order valence-corrected chi connectivity index (χ0v) is 12.8. The van der Waals surface area contributed by atoms with Gasteiger partial charge in [-0.15, -0.1) is 0 Å². The van der Waals surface area contributed by atoms with Gasteiger partial charge < -0.3 is 10.2 Å². The predicted octanol–water partition coefficient (Wildman–Crippen LogP) is 2.01. The SMILES string of the molecule is Cc1ccccc1CN1C(=O)C(C)NC(=O)C1(C)C1CC1. The van der Waals surface area contributed by atoms with Gasteiger partial charge in [-0.1, -0.05) is 24.3 Å². The van der Waals surface area contributed by atoms with Gasteiger partial charge in [0.25, 0.3) is 0 Å². The Labute approximate surface area is 125 Å². The number of aryl methyl sites for hydroxylation is 1. The monoisotopic (exact) mass is 286 g/mol. The van der Waals surface area contributed by atoms with E-state index < -0.39 is 11.6 Å². The zero-order valence-electron chi connectivity index (χ0n) is 12.8. The van der Waals surface area contributed by atoms with Gasteiger partial charge in [0.15, 0.2) is 0 Å². The van der Waals surface area contributed by atoms with Crippen LogP contribution in [0.1, 0.15) is 37.8 Å². The Bertz CT molecular complexity index is 594. The average molecular weight is 286 g/mol. The second-order valence-electron chi connectivity index (χ2n) is 6.47. The standard InChI is InChI=1S/C17H22N2O2/c1-11-6-4-5-7-13(11)10-19-15(20)12(2)18-16(21)17(19,3)14-8-9-14/h4-7,12,14H,8-10H2,1-3H3,(H,18,21). The molecule has 1 N–H and O–H groups in total. The molecular formula is C17H22N2O2. The molecule has 0 spiro atoms. The molecule has 112 valence electrons. The largest absolute Gasteiger partial charge is 0.343 e. The topological polar surface area (TPSA) is 49.4 Å². The molecule has 1 saturated carbocycles. The van der Waals surface area contributed by atoms with Gasteiger partial charge in [0.2, 0.25) is 11.8 Å². The maximum absolute atomic E-state index is 12.6. The van der Waals surface area contributed by atoms with E-state index in [1.807, 2.05) is 38.1 Å². The van der Waals surface area contributed by atoms with E-state index in [1.54, 1.807) is 11.8 Å². The summed E-state index contributed by atoms with van der Waals surface area (Å²) in [6.07, 6.45) is 2.05. The van der Waals surface area contributed by atoms with Crippen LogP contribution in [0.4, 0.5) is 0 Å². The van der Waals surface area contributed by atoms with Crippen LogP contribution < -0.4 is 5.32 Å². The highest BCUT2D eigenvalue weighted by Crippen LogP contribution is 2.45. The first-order chi connectivity index (χ1) is 9.94. The number of carbonyl (C=O) groups excluding carboxylic acids is 2. The molecule has 0 aromatic heterocycles. The van der Waals surface area contributed by atoms with Crippen LogP contribution in [0.3, 0.4) is 0 Å². The second kappa shape index (κ2) is 4.86. The summed E-state index contributed by atoms with van der Waals surface area (Å²) in [5, 5.41) is 2.84. The molecule has 4 nitrogen and oxygen atoms in total. The number of amides is 2. The molecular weight excluding hydrogens is 264 g/mol. The molecule has 1 aromatic carbocycles. The third-order valence-corrected chi connectivity index (χ3v) is 4.97. The van der Waals surface area contributed by atoms with Gasteiger partial charge in [0.05, 0.1) is 0 Å². The molecule has 2 unspecified atom stereocenters. The van der Waals surface area contributed by atoms with Crippen molar-refractivity contribution in [2.24, 2.45) is 5.92 Å². The number of hydrogen-bond acceptors (Lipinski definition) is 2. The van der Waals surface area contributed by atoms with E-state index in [4.69, 9.17) is 0 Å². The summed E-state index contributed by atoms with van der Waals surface area (Å²) in [4.78, 5) is 27.0. The van der Waals surface area contributed by atoms with E-state index in [-0.39, 0.29) is 17.7 Å². The van der Waals surface area contributed by atoms with Gasteiger partial charge in [0, 0.05) is 6.54 Å². The minimum absolute atomic E-state index is 0.00863. The fourth-order valence-corrected chi connectivity index (χ4v) is 3.24. The van der Waals surface area contributed by atoms with Crippen LogP contribution in [0.2, 0.25) is 0 Å². The van der Waals surface area contributed by atoms with Crippen LogP contribution in [-0.2, 0) is 16.1 Å². The third-order valence-electron chi connectivity index (χ3n) is 4.97. The molecule has 1 heterocycles. The minimum atomic E-state index is -0.703. The second-order valence-corrected chi connectivity index (χ2v) is 6.47. The highest BCUT2D eigenvalue weighted by molar-refractivity contribution is 5.99. The molecule has 2 amide bonds. The molecule has 1 aliphatic heterocycles. The Morgan fingerprint density at radius 3 is 2.57 bits per heavy atom. The van der Waals surface area contributed by atoms with Crippen molar-refractivity contribution in [1.82, 2.24) is 10.2 Å². The summed E-state index contributed by atoms with van der Waals surface area (Å²) in [6, 6.07) is 7.61. The predicted molar refractivity (Wildman–Crippen MR) is 80.5 cm³/mol. The van der Waals surface area contributed by atoms with Gasteiger partial charge in [-0.2, -0.15) is 0 Å². The van der Waals surface area contributed by atoms with E-state index >= 15 is 0 Å². The summed E-state index contributed by atoms with van der Waals surface area (Å²) in [7, 11) is 0. The lowest BCUT2D eigenvalue weighted by atomic mass is 9.87. The summed E-state index contributed by atoms with van der Waals surface area (Å²) in [6.45, 7) is 6.23. The lowest BCUT2D eigenvalue weighted by molar-refractivity contribution is -0.158. The summed E-state index contributed by atoms with van der Waals surface area (Å²) >= 11 is 0. The Balaban J connectivity index is 1.97. The Morgan fingerprint density at radius 1 is 1.29 bits per heavy atom. The van der Waals surface area contributed by atoms with E-state index in [9.17, 15) is 9.59 Å². The van der Waals surface area contributed by atoms with Gasteiger partial charge in [-0.3, -0.25) is 9.59 Å². The highest BCUT2D eigenvalue weighted by atomic mass is 16.2. The van der Waals surface area contributed by atoms with Crippen LogP contribution in [0.25, 0.3) is 0 Å². The summed E-state index contributed by atoms with van der Waals surface area (Å²) < 4.78 is 0. The first kappa shape index (κ1) is 14.1. The van der Waals surface area contributed by atoms with Crippen molar-refractivity contribution in [2.45, 2.75) is 51.7 Å². The number of benzene rings is 1. The Hall–Kier alpha value is -1.84. The smallest absolute Gasteiger partial charge is 0.246 e. The van der Waals surface area contributed by atoms with E-state index in [1.165, 1.54) is 0 Å². The zero-order chi connectivity index (χ0) is 15.2. The highest BCUT2D eigenvalue weighted by Gasteiger charge is 2.56. The van der Waals surface area contributed by atoms with E-state index in [2.05, 4.69) is 5.32 Å². The normalized spacial score (nSPS) is 29.5. The van der Waals surface area contributed by atoms with Gasteiger partial charge in [0.1, 0.15) is 11.6 Å². The van der Waals surface area contributed by atoms with E-state index in [0.717, 1.165) is 24.0 Å². The lowest BCUT2D eigenvalue weighted by Crippen LogP contribution is -2.69. The third kappa shape index (κ3) is 2.23. The van der Waals surface area contributed by atoms with E-state index in [0.29, 0.717) is 6.54 Å². The van der Waals surface area contributed by atoms with Crippen LogP contribution in [0.15, 0.2) is 24.3 Å². The fourth-order valence-electron chi connectivity index (χ4n) is 3.24. The molecule has 0 bridgehead atoms. The van der Waals surface area contributed by atoms with Crippen LogP contribution in [0, 0.1) is 12.8 Å². The van der Waals surface area contributed by atoms with Crippen molar-refractivity contribution in [3.8, 4) is 0 Å². The average Bonchev–Trinajstić information content (AvgIpc) is 3.28. The molecule has 21 heavy (non-hydrogen) atoms. The molecule has 4 heteroatoms. The quantitative estimate of drug-likeness (QED) is 0.924. The van der Waals surface area contributed by atoms with Crippen molar-refractivity contribution in [3.05, 3.63) is 35.4 Å². The first-order valence-electron chi connectivity index (χ1n) is 7.61. The molecule has 1 aliphatic carbocycles. The Morgan fingerprint density at radius 2 is 1.95 bits per heavy atom. The number of rotatable bonds is 3. The van der Waals surface area contributed by atoms with Crippen molar-refractivity contribution in [3.63, 3.8) is 0 Å². The number of carbonyl (C=O) groups is 2. The van der Waals surface area contributed by atoms with Crippen molar-refractivity contribution in [1.29, 1.82) is 0 Å². The lowest BCUT2D eigenvalue weighted by Gasteiger charge is -2.46. The molecule has 0 radical (unpaired) electrons. The van der Waals surface area contributed by atoms with Crippen LogP contribution in [-0.4, -0.2) is 28.3 Å². The van der Waals surface area contributed by atoms with Gasteiger partial charge in [-0.25, -0.2) is 0 Å². The maximum atomic E-state index is 12.6. The molecule has 2 atom stereocenters. The number of piperazine rings is 1. The van der Waals surface area contributed by atoms with Gasteiger partial charge >= 0.3 is 0 Å². The molecule has 2 fully saturated rings. The number of hydrogen-bond donors (Lipinski definition) is 1. The molecule has 1 saturated heterocycles. The first-order valence-corrected chi connectivity index (χ1v) is 7.61. The fraction of sp³-hybridized carbons (Fsp3) is 0.529. The molecule has 3 rings (SSSR count). The minimum Gasteiger partial charge on any atom is -0.343 e. The van der Waals surface area contributed by atoms with Crippen molar-refractivity contribution < 1.29 is 9.59 Å². The van der Waals surface area contributed by atoms with Crippen LogP contribution >= 0.6 is 0 Å². The number of nitrogens with zero attached hydrogens (tertiary/aromatic N) is 1. The summed E-state index contributed by atoms with van der Waals surface area (Å²) in [5.74, 6) is 0.302. The summed E-state index contributed by atoms with van der Waals surface area (Å²) in [5.41, 5.74) is 1.56. The van der Waals surface area contributed by atoms with Crippen molar-refractivity contribution in [2.75, 3.05) is 0 Å². The number of nitrogens with one attached hydrogen (secondary N) is 1. The van der Waals surface area contributed by atoms with Crippen LogP contribution in [0.5, 0.6) is 0 Å². The Kier molecular flexibility index (Phi) is 3.27.